The fourth-order valence-corrected chi connectivity index (χ4v) is 3.66. The van der Waals surface area contributed by atoms with Crippen molar-refractivity contribution in [3.8, 4) is 0 Å². The Kier molecular flexibility index (Phi) is 5.20. The van der Waals surface area contributed by atoms with E-state index in [1.54, 1.807) is 0 Å². The van der Waals surface area contributed by atoms with E-state index in [9.17, 15) is 5.11 Å². The van der Waals surface area contributed by atoms with Crippen LogP contribution in [0.4, 0.5) is 0 Å². The quantitative estimate of drug-likeness (QED) is 0.850. The zero-order valence-corrected chi connectivity index (χ0v) is 15.2. The van der Waals surface area contributed by atoms with Crippen LogP contribution < -0.4 is 0 Å². The first-order chi connectivity index (χ1) is 11.1. The Morgan fingerprint density at radius 1 is 1.04 bits per heavy atom. The molecule has 0 aliphatic carbocycles. The van der Waals surface area contributed by atoms with Crippen LogP contribution in [0.1, 0.15) is 37.0 Å². The van der Waals surface area contributed by atoms with Gasteiger partial charge in [-0.15, -0.1) is 0 Å². The number of aliphatic hydroxyl groups is 1. The molecule has 122 valence electrons. The van der Waals surface area contributed by atoms with Crippen LogP contribution >= 0.6 is 15.9 Å². The number of likely N-dealkylation sites (tertiary alicyclic amines) is 1. The molecule has 1 heterocycles. The van der Waals surface area contributed by atoms with E-state index in [1.807, 2.05) is 24.3 Å². The third-order valence-electron chi connectivity index (χ3n) is 5.12. The minimum absolute atomic E-state index is 0.264. The maximum Gasteiger partial charge on any atom is 0.0916 e. The van der Waals surface area contributed by atoms with Crippen molar-refractivity contribution < 1.29 is 5.11 Å². The SMILES string of the molecule is CC1(c2ccccc2)CCN(C[C@H](O)c2ccc(Br)cc2)CC1. The summed E-state index contributed by atoms with van der Waals surface area (Å²) in [7, 11) is 0. The summed E-state index contributed by atoms with van der Waals surface area (Å²) in [4.78, 5) is 2.39. The average molecular weight is 374 g/mol. The van der Waals surface area contributed by atoms with Crippen molar-refractivity contribution in [2.75, 3.05) is 19.6 Å². The number of aliphatic hydroxyl groups excluding tert-OH is 1. The van der Waals surface area contributed by atoms with E-state index in [1.165, 1.54) is 5.56 Å². The van der Waals surface area contributed by atoms with Crippen LogP contribution in [0.25, 0.3) is 0 Å². The first-order valence-electron chi connectivity index (χ1n) is 8.28. The summed E-state index contributed by atoms with van der Waals surface area (Å²) >= 11 is 3.44. The summed E-state index contributed by atoms with van der Waals surface area (Å²) in [5, 5.41) is 10.5. The van der Waals surface area contributed by atoms with Crippen LogP contribution in [0, 0.1) is 0 Å². The Hall–Kier alpha value is -1.16. The highest BCUT2D eigenvalue weighted by Crippen LogP contribution is 2.35. The number of hydrogen-bond donors (Lipinski definition) is 1. The second-order valence-electron chi connectivity index (χ2n) is 6.79. The molecule has 3 heteroatoms. The van der Waals surface area contributed by atoms with Crippen molar-refractivity contribution in [1.82, 2.24) is 4.90 Å². The number of benzene rings is 2. The van der Waals surface area contributed by atoms with Crippen LogP contribution in [0.5, 0.6) is 0 Å². The van der Waals surface area contributed by atoms with Gasteiger partial charge in [-0.2, -0.15) is 0 Å². The number of hydrogen-bond acceptors (Lipinski definition) is 2. The lowest BCUT2D eigenvalue weighted by Gasteiger charge is -2.40. The average Bonchev–Trinajstić information content (AvgIpc) is 2.58. The van der Waals surface area contributed by atoms with Crippen molar-refractivity contribution in [3.05, 3.63) is 70.2 Å². The molecule has 2 nitrogen and oxygen atoms in total. The van der Waals surface area contributed by atoms with Crippen molar-refractivity contribution in [2.24, 2.45) is 0 Å². The minimum Gasteiger partial charge on any atom is -0.387 e. The van der Waals surface area contributed by atoms with Crippen LogP contribution in [0.2, 0.25) is 0 Å². The third-order valence-corrected chi connectivity index (χ3v) is 5.64. The predicted octanol–water partition coefficient (Wildman–Crippen LogP) is 4.54. The van der Waals surface area contributed by atoms with E-state index < -0.39 is 6.10 Å². The van der Waals surface area contributed by atoms with Gasteiger partial charge in [-0.25, -0.2) is 0 Å². The smallest absolute Gasteiger partial charge is 0.0916 e. The van der Waals surface area contributed by atoms with Gasteiger partial charge in [0.2, 0.25) is 0 Å². The van der Waals surface area contributed by atoms with E-state index in [-0.39, 0.29) is 5.41 Å². The van der Waals surface area contributed by atoms with Gasteiger partial charge in [0.25, 0.3) is 0 Å². The van der Waals surface area contributed by atoms with Crippen LogP contribution in [0.15, 0.2) is 59.1 Å². The maximum absolute atomic E-state index is 10.5. The molecule has 1 aliphatic rings. The summed E-state index contributed by atoms with van der Waals surface area (Å²) in [5.41, 5.74) is 2.69. The van der Waals surface area contributed by atoms with Gasteiger partial charge >= 0.3 is 0 Å². The summed E-state index contributed by atoms with van der Waals surface area (Å²) in [6.45, 7) is 5.16. The van der Waals surface area contributed by atoms with E-state index in [4.69, 9.17) is 0 Å². The normalized spacial score (nSPS) is 19.4. The summed E-state index contributed by atoms with van der Waals surface area (Å²) in [6.07, 6.45) is 1.87. The predicted molar refractivity (Wildman–Crippen MR) is 98.6 cm³/mol. The highest BCUT2D eigenvalue weighted by molar-refractivity contribution is 9.10. The first kappa shape index (κ1) is 16.7. The van der Waals surface area contributed by atoms with Crippen molar-refractivity contribution in [3.63, 3.8) is 0 Å². The minimum atomic E-state index is -0.413. The molecular formula is C20H24BrNO. The van der Waals surface area contributed by atoms with Crippen molar-refractivity contribution >= 4 is 15.9 Å². The number of β-amino-alcohol motifs (C(OH)–C–C–N with tert-alkyl or cyclic N) is 1. The van der Waals surface area contributed by atoms with Gasteiger partial charge in [0, 0.05) is 11.0 Å². The molecule has 2 aromatic carbocycles. The molecule has 1 fully saturated rings. The summed E-state index contributed by atoms with van der Waals surface area (Å²) in [5.74, 6) is 0. The lowest BCUT2D eigenvalue weighted by Crippen LogP contribution is -2.42. The zero-order valence-electron chi connectivity index (χ0n) is 13.6. The molecule has 0 aromatic heterocycles. The van der Waals surface area contributed by atoms with Gasteiger partial charge in [-0.1, -0.05) is 65.3 Å². The van der Waals surface area contributed by atoms with Crippen molar-refractivity contribution in [1.29, 1.82) is 0 Å². The maximum atomic E-state index is 10.5. The largest absolute Gasteiger partial charge is 0.387 e. The van der Waals surface area contributed by atoms with Gasteiger partial charge < -0.3 is 10.0 Å². The van der Waals surface area contributed by atoms with E-state index in [0.29, 0.717) is 6.54 Å². The van der Waals surface area contributed by atoms with Gasteiger partial charge in [0.1, 0.15) is 0 Å². The lowest BCUT2D eigenvalue weighted by atomic mass is 9.74. The van der Waals surface area contributed by atoms with Gasteiger partial charge in [0.05, 0.1) is 6.10 Å². The van der Waals surface area contributed by atoms with E-state index in [0.717, 1.165) is 36.0 Å². The molecule has 0 saturated carbocycles. The molecule has 1 atom stereocenters. The molecule has 0 spiro atoms. The Morgan fingerprint density at radius 3 is 2.26 bits per heavy atom. The van der Waals surface area contributed by atoms with Crippen LogP contribution in [-0.2, 0) is 5.41 Å². The van der Waals surface area contributed by atoms with Crippen LogP contribution in [-0.4, -0.2) is 29.6 Å². The number of halogens is 1. The molecule has 0 unspecified atom stereocenters. The van der Waals surface area contributed by atoms with Crippen molar-refractivity contribution in [2.45, 2.75) is 31.3 Å². The fraction of sp³-hybridized carbons (Fsp3) is 0.400. The summed E-state index contributed by atoms with van der Waals surface area (Å²) in [6, 6.07) is 18.8. The Morgan fingerprint density at radius 2 is 1.65 bits per heavy atom. The Bertz CT molecular complexity index is 618. The molecule has 1 aliphatic heterocycles. The third kappa shape index (κ3) is 4.03. The Balaban J connectivity index is 1.58. The van der Waals surface area contributed by atoms with E-state index in [2.05, 4.69) is 58.1 Å². The number of nitrogens with zero attached hydrogens (tertiary/aromatic N) is 1. The first-order valence-corrected chi connectivity index (χ1v) is 9.07. The van der Waals surface area contributed by atoms with E-state index >= 15 is 0 Å². The molecule has 0 radical (unpaired) electrons. The second-order valence-corrected chi connectivity index (χ2v) is 7.71. The molecule has 3 rings (SSSR count). The lowest BCUT2D eigenvalue weighted by molar-refractivity contribution is 0.0843. The van der Waals surface area contributed by atoms with Crippen LogP contribution in [0.3, 0.4) is 0 Å². The highest BCUT2D eigenvalue weighted by atomic mass is 79.9. The second kappa shape index (κ2) is 7.16. The molecule has 1 N–H and O–H groups in total. The Labute approximate surface area is 147 Å². The molecule has 0 bridgehead atoms. The summed E-state index contributed by atoms with van der Waals surface area (Å²) < 4.78 is 1.05. The number of rotatable bonds is 4. The van der Waals surface area contributed by atoms with Gasteiger partial charge in [-0.05, 0) is 54.6 Å². The van der Waals surface area contributed by atoms with Gasteiger partial charge in [-0.3, -0.25) is 0 Å². The topological polar surface area (TPSA) is 23.5 Å². The molecule has 0 amide bonds. The number of piperidine rings is 1. The van der Waals surface area contributed by atoms with Gasteiger partial charge in [0.15, 0.2) is 0 Å². The fourth-order valence-electron chi connectivity index (χ4n) is 3.39. The molecule has 1 saturated heterocycles. The zero-order chi connectivity index (χ0) is 16.3. The standard InChI is InChI=1S/C20H24BrNO/c1-20(17-5-3-2-4-6-17)11-13-22(14-12-20)15-19(23)16-7-9-18(21)10-8-16/h2-10,19,23H,11-15H2,1H3/t19-/m0/s1. The monoisotopic (exact) mass is 373 g/mol. The molecule has 23 heavy (non-hydrogen) atoms. The highest BCUT2D eigenvalue weighted by Gasteiger charge is 2.32. The molecular weight excluding hydrogens is 350 g/mol. The molecule has 2 aromatic rings.